The van der Waals surface area contributed by atoms with Crippen molar-refractivity contribution in [2.75, 3.05) is 11.9 Å². The summed E-state index contributed by atoms with van der Waals surface area (Å²) >= 11 is 1.45. The minimum Gasteiger partial charge on any atom is -0.494 e. The third-order valence-corrected chi connectivity index (χ3v) is 4.72. The van der Waals surface area contributed by atoms with E-state index in [1.807, 2.05) is 71.5 Å². The Morgan fingerprint density at radius 1 is 1.21 bits per heavy atom. The van der Waals surface area contributed by atoms with Gasteiger partial charge in [-0.15, -0.1) is 23.0 Å². The summed E-state index contributed by atoms with van der Waals surface area (Å²) in [7, 11) is 0. The molecule has 144 valence electrons. The molecule has 0 aliphatic heterocycles. The number of carbonyl (C=O) groups is 1. The Morgan fingerprint density at radius 3 is 2.64 bits per heavy atom. The fourth-order valence-corrected chi connectivity index (χ4v) is 3.50. The minimum atomic E-state index is -0.396. The van der Waals surface area contributed by atoms with Crippen LogP contribution in [0, 0.1) is 0 Å². The van der Waals surface area contributed by atoms with Crippen LogP contribution in [0.2, 0.25) is 0 Å². The molecule has 28 heavy (non-hydrogen) atoms. The lowest BCUT2D eigenvalue weighted by atomic mass is 10.1. The van der Waals surface area contributed by atoms with Crippen molar-refractivity contribution in [3.63, 3.8) is 0 Å². The summed E-state index contributed by atoms with van der Waals surface area (Å²) in [5.41, 5.74) is 5.29. The Bertz CT molecular complexity index is 991. The topological polar surface area (TPSA) is 67.6 Å². The number of rotatable bonds is 7. The van der Waals surface area contributed by atoms with Gasteiger partial charge >= 0.3 is 6.03 Å². The highest BCUT2D eigenvalue weighted by atomic mass is 32.1. The van der Waals surface area contributed by atoms with Gasteiger partial charge in [-0.2, -0.15) is 0 Å². The van der Waals surface area contributed by atoms with E-state index in [-0.39, 0.29) is 0 Å². The predicted molar refractivity (Wildman–Crippen MR) is 113 cm³/mol. The van der Waals surface area contributed by atoms with E-state index in [1.165, 1.54) is 11.3 Å². The maximum absolute atomic E-state index is 12.1. The van der Waals surface area contributed by atoms with Crippen LogP contribution in [0.1, 0.15) is 6.92 Å². The van der Waals surface area contributed by atoms with Crippen LogP contribution in [0.25, 0.3) is 11.3 Å². The molecule has 3 rings (SSSR count). The number of hydrogen-bond donors (Lipinski definition) is 2. The van der Waals surface area contributed by atoms with Gasteiger partial charge in [-0.3, -0.25) is 0 Å². The van der Waals surface area contributed by atoms with Crippen molar-refractivity contribution in [1.29, 1.82) is 0 Å². The van der Waals surface area contributed by atoms with E-state index < -0.39 is 6.03 Å². The standard InChI is InChI=1S/C21H22N4O2S/c1-3-14-25-19(16-10-12-18(13-11-16)27-4-2)15-28-21(25)24-23-20(26)22-17-8-6-5-7-9-17/h3,5-13,15H,1,4,14H2,2H3,(H2,22,23,26)/b24-21-. The van der Waals surface area contributed by atoms with Crippen molar-refractivity contribution in [2.24, 2.45) is 5.10 Å². The quantitative estimate of drug-likeness (QED) is 0.460. The van der Waals surface area contributed by atoms with Gasteiger partial charge in [-0.05, 0) is 48.9 Å². The first kappa shape index (κ1) is 19.4. The van der Waals surface area contributed by atoms with Crippen molar-refractivity contribution >= 4 is 23.1 Å². The van der Waals surface area contributed by atoms with Crippen molar-refractivity contribution in [1.82, 2.24) is 9.99 Å². The second-order valence-corrected chi connectivity index (χ2v) is 6.64. The Kier molecular flexibility index (Phi) is 6.64. The van der Waals surface area contributed by atoms with Crippen LogP contribution < -0.4 is 20.3 Å². The normalized spacial score (nSPS) is 11.1. The van der Waals surface area contributed by atoms with Gasteiger partial charge in [0.15, 0.2) is 0 Å². The van der Waals surface area contributed by atoms with E-state index in [0.29, 0.717) is 23.6 Å². The number of thiazole rings is 1. The maximum Gasteiger partial charge on any atom is 0.339 e. The molecule has 0 aliphatic rings. The summed E-state index contributed by atoms with van der Waals surface area (Å²) in [5.74, 6) is 0.834. The van der Waals surface area contributed by atoms with Gasteiger partial charge in [-0.1, -0.05) is 24.3 Å². The minimum absolute atomic E-state index is 0.396. The summed E-state index contributed by atoms with van der Waals surface area (Å²) in [6, 6.07) is 16.7. The number of para-hydroxylation sites is 1. The molecule has 0 atom stereocenters. The molecule has 2 N–H and O–H groups in total. The van der Waals surface area contributed by atoms with E-state index in [1.54, 1.807) is 6.08 Å². The van der Waals surface area contributed by atoms with E-state index in [2.05, 4.69) is 22.4 Å². The van der Waals surface area contributed by atoms with Gasteiger partial charge in [-0.25, -0.2) is 10.2 Å². The van der Waals surface area contributed by atoms with Crippen molar-refractivity contribution in [2.45, 2.75) is 13.5 Å². The first-order valence-electron chi connectivity index (χ1n) is 8.89. The average Bonchev–Trinajstić information content (AvgIpc) is 3.11. The molecule has 7 heteroatoms. The van der Waals surface area contributed by atoms with Crippen LogP contribution in [-0.4, -0.2) is 17.2 Å². The van der Waals surface area contributed by atoms with Crippen molar-refractivity contribution in [3.05, 3.63) is 77.4 Å². The highest BCUT2D eigenvalue weighted by molar-refractivity contribution is 7.07. The predicted octanol–water partition coefficient (Wildman–Crippen LogP) is 4.44. The van der Waals surface area contributed by atoms with Crippen LogP contribution in [-0.2, 0) is 6.54 Å². The average molecular weight is 395 g/mol. The number of benzene rings is 2. The lowest BCUT2D eigenvalue weighted by Crippen LogP contribution is -2.28. The summed E-state index contributed by atoms with van der Waals surface area (Å²) in [6.07, 6.45) is 1.80. The molecule has 6 nitrogen and oxygen atoms in total. The molecule has 1 heterocycles. The van der Waals surface area contributed by atoms with E-state index in [4.69, 9.17) is 4.74 Å². The molecule has 0 saturated carbocycles. The number of hydrogen-bond acceptors (Lipinski definition) is 4. The van der Waals surface area contributed by atoms with Crippen molar-refractivity contribution < 1.29 is 9.53 Å². The molecule has 0 saturated heterocycles. The molecule has 0 aliphatic carbocycles. The van der Waals surface area contributed by atoms with Gasteiger partial charge in [0, 0.05) is 17.6 Å². The molecule has 2 amide bonds. The highest BCUT2D eigenvalue weighted by Crippen LogP contribution is 2.23. The Hall–Kier alpha value is -3.32. The summed E-state index contributed by atoms with van der Waals surface area (Å²) in [4.78, 5) is 12.7. The smallest absolute Gasteiger partial charge is 0.339 e. The van der Waals surface area contributed by atoms with E-state index >= 15 is 0 Å². The van der Waals surface area contributed by atoms with Crippen LogP contribution >= 0.6 is 11.3 Å². The molecule has 2 aromatic carbocycles. The summed E-state index contributed by atoms with van der Waals surface area (Å²) in [5, 5.41) is 9.01. The SMILES string of the molecule is C=CCn1c(-c2ccc(OCC)cc2)cs/c1=N\NC(=O)Nc1ccccc1. The van der Waals surface area contributed by atoms with Crippen LogP contribution in [0.4, 0.5) is 10.5 Å². The monoisotopic (exact) mass is 394 g/mol. The number of amides is 2. The summed E-state index contributed by atoms with van der Waals surface area (Å²) in [6.45, 7) is 6.99. The number of carbonyl (C=O) groups excluding carboxylic acids is 1. The van der Waals surface area contributed by atoms with Gasteiger partial charge in [0.1, 0.15) is 5.75 Å². The lowest BCUT2D eigenvalue weighted by Gasteiger charge is -2.08. The number of nitrogens with zero attached hydrogens (tertiary/aromatic N) is 2. The molecule has 0 spiro atoms. The number of urea groups is 1. The summed E-state index contributed by atoms with van der Waals surface area (Å²) < 4.78 is 7.50. The van der Waals surface area contributed by atoms with Crippen LogP contribution in [0.15, 0.2) is 77.7 Å². The van der Waals surface area contributed by atoms with Gasteiger partial charge in [0.05, 0.1) is 12.3 Å². The Balaban J connectivity index is 1.80. The third-order valence-electron chi connectivity index (χ3n) is 3.86. The fourth-order valence-electron chi connectivity index (χ4n) is 2.62. The molecule has 0 fully saturated rings. The second-order valence-electron chi connectivity index (χ2n) is 5.80. The highest BCUT2D eigenvalue weighted by Gasteiger charge is 2.08. The maximum atomic E-state index is 12.1. The van der Waals surface area contributed by atoms with Gasteiger partial charge in [0.2, 0.25) is 4.80 Å². The largest absolute Gasteiger partial charge is 0.494 e. The molecular formula is C21H22N4O2S. The number of allylic oxidation sites excluding steroid dienone is 1. The lowest BCUT2D eigenvalue weighted by molar-refractivity contribution is 0.252. The number of ether oxygens (including phenoxy) is 1. The third kappa shape index (κ3) is 4.89. The zero-order valence-electron chi connectivity index (χ0n) is 15.6. The second kappa shape index (κ2) is 9.57. The molecule has 3 aromatic rings. The van der Waals surface area contributed by atoms with Gasteiger partial charge < -0.3 is 14.6 Å². The first-order valence-corrected chi connectivity index (χ1v) is 9.77. The zero-order valence-corrected chi connectivity index (χ0v) is 16.4. The Morgan fingerprint density at radius 2 is 1.96 bits per heavy atom. The van der Waals surface area contributed by atoms with Crippen LogP contribution in [0.3, 0.4) is 0 Å². The Labute approximate surface area is 167 Å². The first-order chi connectivity index (χ1) is 13.7. The number of anilines is 1. The zero-order chi connectivity index (χ0) is 19.8. The molecule has 0 bridgehead atoms. The van der Waals surface area contributed by atoms with Crippen LogP contribution in [0.5, 0.6) is 5.75 Å². The molecule has 1 aromatic heterocycles. The van der Waals surface area contributed by atoms with E-state index in [9.17, 15) is 4.79 Å². The van der Waals surface area contributed by atoms with E-state index in [0.717, 1.165) is 17.0 Å². The molecule has 0 unspecified atom stereocenters. The number of aromatic nitrogens is 1. The van der Waals surface area contributed by atoms with Crippen molar-refractivity contribution in [3.8, 4) is 17.0 Å². The molecular weight excluding hydrogens is 372 g/mol. The number of nitrogens with one attached hydrogen (secondary N) is 2. The fraction of sp³-hybridized carbons (Fsp3) is 0.143. The molecule has 0 radical (unpaired) electrons. The van der Waals surface area contributed by atoms with Gasteiger partial charge in [0.25, 0.3) is 0 Å².